The van der Waals surface area contributed by atoms with Crippen molar-refractivity contribution in [3.05, 3.63) is 72.1 Å². The Morgan fingerprint density at radius 1 is 0.744 bits per heavy atom. The summed E-state index contributed by atoms with van der Waals surface area (Å²) in [5, 5.41) is 29.2. The van der Waals surface area contributed by atoms with Gasteiger partial charge >= 0.3 is 5.97 Å². The Balaban J connectivity index is 1.55. The van der Waals surface area contributed by atoms with Gasteiger partial charge in [0.1, 0.15) is 18.1 Å². The molecule has 0 aliphatic carbocycles. The van der Waals surface area contributed by atoms with Gasteiger partial charge in [-0.2, -0.15) is 0 Å². The summed E-state index contributed by atoms with van der Waals surface area (Å²) in [6.07, 6.45) is 3.82. The van der Waals surface area contributed by atoms with Crippen molar-refractivity contribution in [3.63, 3.8) is 0 Å². The van der Waals surface area contributed by atoms with Gasteiger partial charge in [0.2, 0.25) is 17.7 Å². The van der Waals surface area contributed by atoms with E-state index in [-0.39, 0.29) is 18.8 Å². The summed E-state index contributed by atoms with van der Waals surface area (Å²) >= 11 is 0. The summed E-state index contributed by atoms with van der Waals surface area (Å²) in [5.74, 6) is -3.25. The van der Waals surface area contributed by atoms with E-state index in [9.17, 15) is 29.4 Å². The van der Waals surface area contributed by atoms with E-state index in [1.54, 1.807) is 12.4 Å². The zero-order valence-electron chi connectivity index (χ0n) is 24.1. The number of para-hydroxylation sites is 2. The first-order chi connectivity index (χ1) is 20.6. The third kappa shape index (κ3) is 7.79. The molecule has 43 heavy (non-hydrogen) atoms. The lowest BCUT2D eigenvalue weighted by atomic mass is 10.0. The van der Waals surface area contributed by atoms with Crippen LogP contribution in [-0.4, -0.2) is 74.6 Å². The van der Waals surface area contributed by atoms with Gasteiger partial charge in [0, 0.05) is 47.0 Å². The van der Waals surface area contributed by atoms with Crippen LogP contribution in [0.25, 0.3) is 21.8 Å². The SMILES string of the molecule is CC(C)CC(N)C(=O)NC(CO)C(=O)NC(Cc1c[nH]c2ccccc12)C(=O)NC(Cc1c[nH]c2ccccc12)C(=O)O. The zero-order chi connectivity index (χ0) is 31.1. The molecule has 0 bridgehead atoms. The van der Waals surface area contributed by atoms with Gasteiger partial charge in [-0.1, -0.05) is 50.2 Å². The predicted molar refractivity (Wildman–Crippen MR) is 162 cm³/mol. The van der Waals surface area contributed by atoms with Gasteiger partial charge in [-0.3, -0.25) is 14.4 Å². The molecular weight excluding hydrogens is 552 g/mol. The maximum Gasteiger partial charge on any atom is 0.326 e. The molecule has 4 unspecified atom stereocenters. The Morgan fingerprint density at radius 3 is 1.72 bits per heavy atom. The summed E-state index contributed by atoms with van der Waals surface area (Å²) in [4.78, 5) is 57.9. The fourth-order valence-electron chi connectivity index (χ4n) is 5.08. The van der Waals surface area contributed by atoms with Crippen LogP contribution in [0.2, 0.25) is 0 Å². The number of aliphatic hydroxyl groups is 1. The van der Waals surface area contributed by atoms with E-state index in [1.807, 2.05) is 62.4 Å². The largest absolute Gasteiger partial charge is 0.480 e. The number of carbonyl (C=O) groups is 4. The number of aliphatic carboxylic acids is 1. The Hall–Kier alpha value is -4.68. The second-order valence-corrected chi connectivity index (χ2v) is 11.1. The van der Waals surface area contributed by atoms with Gasteiger partial charge in [-0.25, -0.2) is 4.79 Å². The lowest BCUT2D eigenvalue weighted by Gasteiger charge is -2.24. The number of aromatic amines is 2. The third-order valence-corrected chi connectivity index (χ3v) is 7.32. The summed E-state index contributed by atoms with van der Waals surface area (Å²) < 4.78 is 0. The zero-order valence-corrected chi connectivity index (χ0v) is 24.1. The average molecular weight is 591 g/mol. The van der Waals surface area contributed by atoms with Crippen LogP contribution in [0.5, 0.6) is 0 Å². The molecule has 228 valence electrons. The molecule has 0 saturated carbocycles. The van der Waals surface area contributed by atoms with E-state index in [0.717, 1.165) is 21.8 Å². The highest BCUT2D eigenvalue weighted by molar-refractivity contribution is 5.95. The number of nitrogens with two attached hydrogens (primary N) is 1. The Labute approximate surface area is 248 Å². The summed E-state index contributed by atoms with van der Waals surface area (Å²) in [6.45, 7) is 3.08. The Bertz CT molecular complexity index is 1590. The molecule has 12 heteroatoms. The number of carboxylic acid groups (broad SMARTS) is 1. The minimum atomic E-state index is -1.37. The van der Waals surface area contributed by atoms with E-state index in [1.165, 1.54) is 0 Å². The number of aliphatic hydroxyl groups excluding tert-OH is 1. The van der Waals surface area contributed by atoms with E-state index < -0.39 is 54.5 Å². The molecule has 0 radical (unpaired) electrons. The van der Waals surface area contributed by atoms with Gasteiger partial charge in [0.05, 0.1) is 12.6 Å². The fourth-order valence-corrected chi connectivity index (χ4v) is 5.08. The first-order valence-electron chi connectivity index (χ1n) is 14.2. The first-order valence-corrected chi connectivity index (χ1v) is 14.2. The van der Waals surface area contributed by atoms with Crippen molar-refractivity contribution >= 4 is 45.5 Å². The number of carboxylic acids is 1. The predicted octanol–water partition coefficient (Wildman–Crippen LogP) is 1.34. The number of hydrogen-bond acceptors (Lipinski definition) is 6. The standard InChI is InChI=1S/C31H38N6O6/c1-17(2)11-22(32)28(39)37-27(16-38)30(41)35-25(12-18-14-33-23-9-5-3-7-20(18)23)29(40)36-26(31(42)43)13-19-15-34-24-10-6-4-8-21(19)24/h3-10,14-15,17,22,25-27,33-34,38H,11-13,16,32H2,1-2H3,(H,35,41)(H,36,40)(H,37,39)(H,42,43). The molecule has 4 atom stereocenters. The Kier molecular flexibility index (Phi) is 10.2. The Morgan fingerprint density at radius 2 is 1.21 bits per heavy atom. The van der Waals surface area contributed by atoms with Crippen LogP contribution in [0, 0.1) is 5.92 Å². The molecule has 4 rings (SSSR count). The highest BCUT2D eigenvalue weighted by atomic mass is 16.4. The van der Waals surface area contributed by atoms with Crippen LogP contribution in [0.4, 0.5) is 0 Å². The molecule has 0 aliphatic rings. The van der Waals surface area contributed by atoms with Crippen molar-refractivity contribution in [3.8, 4) is 0 Å². The quantitative estimate of drug-likeness (QED) is 0.108. The lowest BCUT2D eigenvalue weighted by molar-refractivity contribution is -0.142. The van der Waals surface area contributed by atoms with Gasteiger partial charge in [-0.15, -0.1) is 0 Å². The molecule has 0 saturated heterocycles. The van der Waals surface area contributed by atoms with Gasteiger partial charge < -0.3 is 41.9 Å². The van der Waals surface area contributed by atoms with Crippen LogP contribution in [0.1, 0.15) is 31.4 Å². The van der Waals surface area contributed by atoms with Crippen LogP contribution in [-0.2, 0) is 32.0 Å². The van der Waals surface area contributed by atoms with Crippen molar-refractivity contribution in [1.29, 1.82) is 0 Å². The highest BCUT2D eigenvalue weighted by Crippen LogP contribution is 2.21. The molecule has 9 N–H and O–H groups in total. The number of rotatable bonds is 14. The number of amides is 3. The van der Waals surface area contributed by atoms with E-state index >= 15 is 0 Å². The number of aromatic nitrogens is 2. The molecule has 0 fully saturated rings. The molecule has 2 aromatic carbocycles. The van der Waals surface area contributed by atoms with Gasteiger partial charge in [0.15, 0.2) is 0 Å². The maximum atomic E-state index is 13.6. The average Bonchev–Trinajstić information content (AvgIpc) is 3.58. The molecule has 0 spiro atoms. The second-order valence-electron chi connectivity index (χ2n) is 11.1. The molecule has 12 nitrogen and oxygen atoms in total. The number of fused-ring (bicyclic) bond motifs is 2. The molecule has 4 aromatic rings. The van der Waals surface area contributed by atoms with Crippen LogP contribution < -0.4 is 21.7 Å². The van der Waals surface area contributed by atoms with E-state index in [0.29, 0.717) is 17.5 Å². The van der Waals surface area contributed by atoms with Crippen molar-refractivity contribution in [2.75, 3.05) is 6.61 Å². The monoisotopic (exact) mass is 590 g/mol. The lowest BCUT2D eigenvalue weighted by Crippen LogP contribution is -2.58. The second kappa shape index (κ2) is 14.0. The van der Waals surface area contributed by atoms with Crippen molar-refractivity contribution in [2.24, 2.45) is 11.7 Å². The number of carbonyl (C=O) groups excluding carboxylic acids is 3. The van der Waals surface area contributed by atoms with Gasteiger partial charge in [-0.05, 0) is 35.6 Å². The number of hydrogen-bond donors (Lipinski definition) is 8. The number of nitrogens with one attached hydrogen (secondary N) is 5. The smallest absolute Gasteiger partial charge is 0.326 e. The van der Waals surface area contributed by atoms with Crippen LogP contribution >= 0.6 is 0 Å². The van der Waals surface area contributed by atoms with Crippen LogP contribution in [0.3, 0.4) is 0 Å². The molecule has 0 aliphatic heterocycles. The minimum Gasteiger partial charge on any atom is -0.480 e. The molecule has 2 heterocycles. The maximum absolute atomic E-state index is 13.6. The van der Waals surface area contributed by atoms with Gasteiger partial charge in [0.25, 0.3) is 0 Å². The minimum absolute atomic E-state index is 0.00189. The normalized spacial score (nSPS) is 14.3. The fraction of sp³-hybridized carbons (Fsp3) is 0.355. The highest BCUT2D eigenvalue weighted by Gasteiger charge is 2.31. The topological polar surface area (TPSA) is 202 Å². The summed E-state index contributed by atoms with van der Waals surface area (Å²) in [7, 11) is 0. The third-order valence-electron chi connectivity index (χ3n) is 7.32. The van der Waals surface area contributed by atoms with Crippen LogP contribution in [0.15, 0.2) is 60.9 Å². The molecular formula is C31H38N6O6. The van der Waals surface area contributed by atoms with E-state index in [2.05, 4.69) is 25.9 Å². The summed E-state index contributed by atoms with van der Waals surface area (Å²) in [6, 6.07) is 10.1. The van der Waals surface area contributed by atoms with Crippen molar-refractivity contribution in [1.82, 2.24) is 25.9 Å². The van der Waals surface area contributed by atoms with Crippen molar-refractivity contribution < 1.29 is 29.4 Å². The first kappa shape index (κ1) is 31.3. The number of benzene rings is 2. The molecule has 2 aromatic heterocycles. The summed E-state index contributed by atoms with van der Waals surface area (Å²) in [5.41, 5.74) is 9.02. The van der Waals surface area contributed by atoms with E-state index in [4.69, 9.17) is 5.73 Å². The number of H-pyrrole nitrogens is 2. The van der Waals surface area contributed by atoms with Crippen molar-refractivity contribution in [2.45, 2.75) is 57.3 Å². The molecule has 3 amide bonds.